The van der Waals surface area contributed by atoms with Crippen LogP contribution in [0, 0.1) is 5.92 Å². The maximum Gasteiger partial charge on any atom is 0.303 e. The largest absolute Gasteiger partial charge is 0.481 e. The maximum atomic E-state index is 11.2. The summed E-state index contributed by atoms with van der Waals surface area (Å²) < 4.78 is 3.48. The Balaban J connectivity index is 1.48. The molecule has 0 spiro atoms. The molecule has 3 heterocycles. The lowest BCUT2D eigenvalue weighted by Gasteiger charge is -2.28. The molecule has 1 saturated carbocycles. The highest BCUT2D eigenvalue weighted by atomic mass is 16.4. The summed E-state index contributed by atoms with van der Waals surface area (Å²) in [6.07, 6.45) is 7.43. The van der Waals surface area contributed by atoms with Crippen molar-refractivity contribution in [1.29, 1.82) is 0 Å². The van der Waals surface area contributed by atoms with E-state index in [2.05, 4.69) is 40.5 Å². The second kappa shape index (κ2) is 8.78. The van der Waals surface area contributed by atoms with Gasteiger partial charge in [-0.05, 0) is 60.1 Å². The molecule has 5 aromatic rings. The first-order valence-corrected chi connectivity index (χ1v) is 12.4. The van der Waals surface area contributed by atoms with Gasteiger partial charge in [0.2, 0.25) is 0 Å². The molecule has 2 aromatic carbocycles. The van der Waals surface area contributed by atoms with Crippen LogP contribution in [0.2, 0.25) is 0 Å². The summed E-state index contributed by atoms with van der Waals surface area (Å²) in [5.74, 6) is 0.184. The van der Waals surface area contributed by atoms with Crippen molar-refractivity contribution in [3.63, 3.8) is 0 Å². The molecule has 0 unspecified atom stereocenters. The summed E-state index contributed by atoms with van der Waals surface area (Å²) in [5, 5.41) is 20.8. The number of carbonyl (C=O) groups is 1. The van der Waals surface area contributed by atoms with E-state index in [0.717, 1.165) is 64.8 Å². The lowest BCUT2D eigenvalue weighted by molar-refractivity contribution is -0.138. The Morgan fingerprint density at radius 1 is 1.08 bits per heavy atom. The van der Waals surface area contributed by atoms with Crippen molar-refractivity contribution in [1.82, 2.24) is 24.4 Å². The van der Waals surface area contributed by atoms with E-state index in [1.165, 1.54) is 5.39 Å². The number of fused-ring (bicyclic) bond motifs is 2. The van der Waals surface area contributed by atoms with Gasteiger partial charge in [-0.3, -0.25) is 9.48 Å². The van der Waals surface area contributed by atoms with Gasteiger partial charge in [-0.25, -0.2) is 4.98 Å². The molecule has 182 valence electrons. The summed E-state index contributed by atoms with van der Waals surface area (Å²) >= 11 is 0. The maximum absolute atomic E-state index is 11.2. The van der Waals surface area contributed by atoms with E-state index >= 15 is 0 Å². The van der Waals surface area contributed by atoms with Gasteiger partial charge < -0.3 is 10.8 Å². The summed E-state index contributed by atoms with van der Waals surface area (Å²) in [5.41, 5.74) is 12.0. The average Bonchev–Trinajstić information content (AvgIpc) is 3.50. The predicted octanol–water partition coefficient (Wildman–Crippen LogP) is 5.28. The van der Waals surface area contributed by atoms with Crippen LogP contribution in [0.15, 0.2) is 60.9 Å². The fourth-order valence-corrected chi connectivity index (χ4v) is 5.59. The van der Waals surface area contributed by atoms with E-state index < -0.39 is 5.97 Å². The summed E-state index contributed by atoms with van der Waals surface area (Å²) in [6, 6.07) is 16.6. The number of nitrogen functional groups attached to an aromatic ring is 1. The smallest absolute Gasteiger partial charge is 0.303 e. The molecular formula is C28H28N6O2. The Kier molecular flexibility index (Phi) is 5.44. The quantitative estimate of drug-likeness (QED) is 0.354. The number of hydrogen-bond donors (Lipinski definition) is 2. The standard InChI is InChI=1S/C28H28N6O2/c1-33-13-12-23(32-33)25-26(19-8-6-17(7-9-19)14-24(35)36)31-28-22(16-30-34(28)27(25)29)21-11-10-18-4-2-3-5-20(18)15-21/h2-5,10-13,15-17,19H,6-9,14,29H2,1H3,(H,35,36). The summed E-state index contributed by atoms with van der Waals surface area (Å²) in [7, 11) is 1.88. The molecule has 1 aliphatic rings. The van der Waals surface area contributed by atoms with Crippen LogP contribution in [-0.4, -0.2) is 35.5 Å². The van der Waals surface area contributed by atoms with Crippen LogP contribution in [-0.2, 0) is 11.8 Å². The number of benzene rings is 2. The minimum atomic E-state index is -0.726. The van der Waals surface area contributed by atoms with Crippen LogP contribution in [0.1, 0.15) is 43.7 Å². The molecule has 8 nitrogen and oxygen atoms in total. The third-order valence-corrected chi connectivity index (χ3v) is 7.44. The van der Waals surface area contributed by atoms with Crippen LogP contribution in [0.25, 0.3) is 38.8 Å². The number of nitrogens with two attached hydrogens (primary N) is 1. The van der Waals surface area contributed by atoms with Gasteiger partial charge in [0.25, 0.3) is 0 Å². The molecule has 0 bridgehead atoms. The first-order valence-electron chi connectivity index (χ1n) is 12.4. The number of hydrogen-bond acceptors (Lipinski definition) is 5. The number of carboxylic acid groups (broad SMARTS) is 1. The molecule has 1 fully saturated rings. The molecule has 0 aliphatic heterocycles. The molecule has 3 N–H and O–H groups in total. The average molecular weight is 481 g/mol. The number of aryl methyl sites for hydroxylation is 1. The first kappa shape index (κ1) is 22.3. The highest BCUT2D eigenvalue weighted by Crippen LogP contribution is 2.42. The van der Waals surface area contributed by atoms with Crippen molar-refractivity contribution in [2.45, 2.75) is 38.0 Å². The van der Waals surface area contributed by atoms with Crippen molar-refractivity contribution in [3.05, 3.63) is 66.6 Å². The molecule has 36 heavy (non-hydrogen) atoms. The Morgan fingerprint density at radius 2 is 1.86 bits per heavy atom. The van der Waals surface area contributed by atoms with Crippen molar-refractivity contribution >= 4 is 28.2 Å². The fourth-order valence-electron chi connectivity index (χ4n) is 5.59. The van der Waals surface area contributed by atoms with Gasteiger partial charge in [0, 0.05) is 31.1 Å². The lowest BCUT2D eigenvalue weighted by atomic mass is 9.78. The van der Waals surface area contributed by atoms with E-state index in [4.69, 9.17) is 10.7 Å². The predicted molar refractivity (Wildman–Crippen MR) is 139 cm³/mol. The van der Waals surface area contributed by atoms with Gasteiger partial charge in [-0.2, -0.15) is 14.7 Å². The van der Waals surface area contributed by atoms with Crippen LogP contribution in [0.5, 0.6) is 0 Å². The molecule has 0 radical (unpaired) electrons. The van der Waals surface area contributed by atoms with Gasteiger partial charge in [-0.1, -0.05) is 36.4 Å². The van der Waals surface area contributed by atoms with Crippen molar-refractivity contribution < 1.29 is 9.90 Å². The number of rotatable bonds is 5. The fraction of sp³-hybridized carbons (Fsp3) is 0.286. The second-order valence-electron chi connectivity index (χ2n) is 9.80. The first-order chi connectivity index (χ1) is 17.5. The minimum absolute atomic E-state index is 0.179. The minimum Gasteiger partial charge on any atom is -0.481 e. The third-order valence-electron chi connectivity index (χ3n) is 7.44. The van der Waals surface area contributed by atoms with Crippen LogP contribution >= 0.6 is 0 Å². The number of carboxylic acids is 1. The number of aliphatic carboxylic acids is 1. The van der Waals surface area contributed by atoms with Crippen molar-refractivity contribution in [3.8, 4) is 22.4 Å². The normalized spacial score (nSPS) is 18.1. The molecular weight excluding hydrogens is 452 g/mol. The van der Waals surface area contributed by atoms with E-state index in [0.29, 0.717) is 5.82 Å². The number of aromatic nitrogens is 5. The highest BCUT2D eigenvalue weighted by molar-refractivity contribution is 5.90. The van der Waals surface area contributed by atoms with Crippen molar-refractivity contribution in [2.75, 3.05) is 5.73 Å². The lowest BCUT2D eigenvalue weighted by Crippen LogP contribution is -2.19. The highest BCUT2D eigenvalue weighted by Gasteiger charge is 2.30. The van der Waals surface area contributed by atoms with Gasteiger partial charge in [0.05, 0.1) is 23.1 Å². The van der Waals surface area contributed by atoms with Crippen LogP contribution in [0.3, 0.4) is 0 Å². The zero-order valence-corrected chi connectivity index (χ0v) is 20.1. The summed E-state index contributed by atoms with van der Waals surface area (Å²) in [6.45, 7) is 0. The van der Waals surface area contributed by atoms with E-state index in [-0.39, 0.29) is 18.3 Å². The zero-order chi connectivity index (χ0) is 24.8. The molecule has 8 heteroatoms. The van der Waals surface area contributed by atoms with Crippen LogP contribution < -0.4 is 5.73 Å². The van der Waals surface area contributed by atoms with E-state index in [9.17, 15) is 9.90 Å². The van der Waals surface area contributed by atoms with E-state index in [1.54, 1.807) is 9.20 Å². The SMILES string of the molecule is Cn1ccc(-c2c(C3CCC(CC(=O)O)CC3)nc3c(-c4ccc5ccccc5c4)cnn3c2N)n1. The van der Waals surface area contributed by atoms with Gasteiger partial charge >= 0.3 is 5.97 Å². The van der Waals surface area contributed by atoms with Crippen molar-refractivity contribution in [2.24, 2.45) is 13.0 Å². The zero-order valence-electron chi connectivity index (χ0n) is 20.1. The van der Waals surface area contributed by atoms with Gasteiger partial charge in [-0.15, -0.1) is 0 Å². The second-order valence-corrected chi connectivity index (χ2v) is 9.80. The summed E-state index contributed by atoms with van der Waals surface area (Å²) in [4.78, 5) is 16.4. The Hall–Kier alpha value is -4.20. The Labute approximate surface area is 208 Å². The molecule has 0 saturated heterocycles. The topological polar surface area (TPSA) is 111 Å². The number of nitrogens with zero attached hydrogens (tertiary/aromatic N) is 5. The molecule has 6 rings (SSSR count). The molecule has 3 aromatic heterocycles. The molecule has 0 amide bonds. The van der Waals surface area contributed by atoms with Crippen LogP contribution in [0.4, 0.5) is 5.82 Å². The van der Waals surface area contributed by atoms with E-state index in [1.807, 2.05) is 37.6 Å². The molecule has 1 aliphatic carbocycles. The third kappa shape index (κ3) is 3.88. The van der Waals surface area contributed by atoms with Gasteiger partial charge in [0.15, 0.2) is 5.65 Å². The monoisotopic (exact) mass is 480 g/mol. The molecule has 0 atom stereocenters. The number of anilines is 1. The van der Waals surface area contributed by atoms with Gasteiger partial charge in [0.1, 0.15) is 5.82 Å². The Bertz CT molecular complexity index is 1590. The Morgan fingerprint density at radius 3 is 2.58 bits per heavy atom.